The Morgan fingerprint density at radius 2 is 1.71 bits per heavy atom. The SMILES string of the molecule is COc1cccc(CCNNC(=O)[C@@]2(C/C=C/c3ccccc3)N=C(c3ccc(OCCCO)cc3)O[C@H]2c2ccccc2)c1. The third-order valence-corrected chi connectivity index (χ3v) is 7.55. The summed E-state index contributed by atoms with van der Waals surface area (Å²) in [7, 11) is 1.65. The molecule has 3 N–H and O–H groups in total. The second-order valence-electron chi connectivity index (χ2n) is 10.7. The van der Waals surface area contributed by atoms with Crippen LogP contribution in [0, 0.1) is 0 Å². The molecule has 0 fully saturated rings. The van der Waals surface area contributed by atoms with E-state index >= 15 is 0 Å². The molecule has 0 bridgehead atoms. The van der Waals surface area contributed by atoms with Gasteiger partial charge in [0.25, 0.3) is 5.91 Å². The van der Waals surface area contributed by atoms with Gasteiger partial charge in [0.2, 0.25) is 5.90 Å². The van der Waals surface area contributed by atoms with E-state index < -0.39 is 11.6 Å². The molecule has 8 heteroatoms. The molecule has 1 amide bonds. The maximum absolute atomic E-state index is 14.2. The lowest BCUT2D eigenvalue weighted by molar-refractivity contribution is -0.129. The summed E-state index contributed by atoms with van der Waals surface area (Å²) < 4.78 is 17.6. The number of aliphatic imine (C=N–C) groups is 1. The van der Waals surface area contributed by atoms with Crippen molar-refractivity contribution in [2.75, 3.05) is 26.9 Å². The summed E-state index contributed by atoms with van der Waals surface area (Å²) in [6.07, 6.45) is 4.86. The van der Waals surface area contributed by atoms with Gasteiger partial charge in [-0.05, 0) is 59.5 Å². The summed E-state index contributed by atoms with van der Waals surface area (Å²) >= 11 is 0. The van der Waals surface area contributed by atoms with Crippen LogP contribution in [-0.2, 0) is 16.0 Å². The van der Waals surface area contributed by atoms with Gasteiger partial charge in [-0.15, -0.1) is 0 Å². The Kier molecular flexibility index (Phi) is 11.0. The van der Waals surface area contributed by atoms with E-state index in [-0.39, 0.29) is 12.5 Å². The van der Waals surface area contributed by atoms with Gasteiger partial charge < -0.3 is 19.3 Å². The molecule has 2 atom stereocenters. The molecular weight excluding hydrogens is 566 g/mol. The minimum atomic E-state index is -1.29. The molecule has 0 saturated carbocycles. The van der Waals surface area contributed by atoms with Crippen molar-refractivity contribution in [3.8, 4) is 11.5 Å². The Labute approximate surface area is 264 Å². The molecule has 4 aromatic rings. The summed E-state index contributed by atoms with van der Waals surface area (Å²) in [5.74, 6) is 1.56. The number of ether oxygens (including phenoxy) is 3. The van der Waals surface area contributed by atoms with E-state index in [2.05, 4.69) is 10.9 Å². The highest BCUT2D eigenvalue weighted by Gasteiger charge is 2.52. The molecular formula is C37H39N3O5. The number of hydrazine groups is 1. The van der Waals surface area contributed by atoms with Crippen molar-refractivity contribution in [3.05, 3.63) is 138 Å². The van der Waals surface area contributed by atoms with Crippen LogP contribution in [0.4, 0.5) is 0 Å². The van der Waals surface area contributed by atoms with Crippen LogP contribution in [0.1, 0.15) is 41.2 Å². The average molecular weight is 606 g/mol. The molecule has 0 saturated heterocycles. The number of methoxy groups -OCH3 is 1. The molecule has 5 rings (SSSR count). The van der Waals surface area contributed by atoms with Crippen molar-refractivity contribution in [1.82, 2.24) is 10.9 Å². The largest absolute Gasteiger partial charge is 0.497 e. The highest BCUT2D eigenvalue weighted by atomic mass is 16.5. The number of aliphatic hydroxyl groups is 1. The number of carbonyl (C=O) groups excluding carboxylic acids is 1. The third-order valence-electron chi connectivity index (χ3n) is 7.55. The zero-order valence-corrected chi connectivity index (χ0v) is 25.4. The topological polar surface area (TPSA) is 101 Å². The Bertz CT molecular complexity index is 1570. The quantitative estimate of drug-likeness (QED) is 0.119. The van der Waals surface area contributed by atoms with E-state index in [4.69, 9.17) is 24.3 Å². The maximum Gasteiger partial charge on any atom is 0.266 e. The van der Waals surface area contributed by atoms with Crippen molar-refractivity contribution in [2.45, 2.75) is 30.9 Å². The van der Waals surface area contributed by atoms with E-state index in [9.17, 15) is 4.79 Å². The number of hydrogen-bond acceptors (Lipinski definition) is 7. The summed E-state index contributed by atoms with van der Waals surface area (Å²) in [6.45, 7) is 1.01. The number of carbonyl (C=O) groups is 1. The fourth-order valence-corrected chi connectivity index (χ4v) is 5.17. The van der Waals surface area contributed by atoms with Crippen molar-refractivity contribution >= 4 is 17.9 Å². The number of hydrogen-bond donors (Lipinski definition) is 3. The highest BCUT2D eigenvalue weighted by Crippen LogP contribution is 2.42. The number of nitrogens with zero attached hydrogens (tertiary/aromatic N) is 1. The van der Waals surface area contributed by atoms with E-state index in [0.717, 1.165) is 28.0 Å². The van der Waals surface area contributed by atoms with Crippen molar-refractivity contribution in [3.63, 3.8) is 0 Å². The number of benzene rings is 4. The second kappa shape index (κ2) is 15.7. The maximum atomic E-state index is 14.2. The normalized spacial score (nSPS) is 17.5. The van der Waals surface area contributed by atoms with E-state index in [0.29, 0.717) is 44.1 Å². The van der Waals surface area contributed by atoms with Gasteiger partial charge in [0, 0.05) is 31.6 Å². The summed E-state index contributed by atoms with van der Waals surface area (Å²) in [5.41, 5.74) is 8.47. The van der Waals surface area contributed by atoms with Gasteiger partial charge in [-0.2, -0.15) is 0 Å². The molecule has 4 aromatic carbocycles. The Morgan fingerprint density at radius 1 is 0.956 bits per heavy atom. The molecule has 0 spiro atoms. The Balaban J connectivity index is 1.42. The van der Waals surface area contributed by atoms with Crippen molar-refractivity contribution in [2.24, 2.45) is 4.99 Å². The standard InChI is InChI=1S/C37H39N3O5/c1-43-33-17-8-13-29(27-33)22-24-38-40-36(42)37(23-9-14-28-11-4-2-5-12-28)34(30-15-6-3-7-16-30)45-35(39-37)31-18-20-32(21-19-31)44-26-10-25-41/h2-9,11-21,27,34,38,41H,10,22-26H2,1H3,(H,40,42)/b14-9+/t34-,37-/m0/s1. The lowest BCUT2D eigenvalue weighted by Gasteiger charge is -2.29. The van der Waals surface area contributed by atoms with Crippen LogP contribution in [0.15, 0.2) is 120 Å². The zero-order chi connectivity index (χ0) is 31.3. The summed E-state index contributed by atoms with van der Waals surface area (Å²) in [4.78, 5) is 19.3. The molecule has 0 aromatic heterocycles. The number of amides is 1. The minimum absolute atomic E-state index is 0.0718. The molecule has 1 aliphatic heterocycles. The minimum Gasteiger partial charge on any atom is -0.497 e. The molecule has 232 valence electrons. The van der Waals surface area contributed by atoms with Gasteiger partial charge in [-0.1, -0.05) is 84.9 Å². The first-order chi connectivity index (χ1) is 22.1. The van der Waals surface area contributed by atoms with Gasteiger partial charge in [-0.25, -0.2) is 10.4 Å². The second-order valence-corrected chi connectivity index (χ2v) is 10.7. The first-order valence-corrected chi connectivity index (χ1v) is 15.1. The van der Waals surface area contributed by atoms with Crippen molar-refractivity contribution in [1.29, 1.82) is 0 Å². The van der Waals surface area contributed by atoms with Crippen LogP contribution in [0.25, 0.3) is 6.08 Å². The van der Waals surface area contributed by atoms with Gasteiger partial charge in [0.05, 0.1) is 13.7 Å². The highest BCUT2D eigenvalue weighted by molar-refractivity contribution is 6.01. The smallest absolute Gasteiger partial charge is 0.266 e. The van der Waals surface area contributed by atoms with Crippen LogP contribution in [0.5, 0.6) is 11.5 Å². The molecule has 45 heavy (non-hydrogen) atoms. The van der Waals surface area contributed by atoms with Crippen LogP contribution < -0.4 is 20.3 Å². The summed E-state index contributed by atoms with van der Waals surface area (Å²) in [5, 5.41) is 9.05. The molecule has 1 heterocycles. The lowest BCUT2D eigenvalue weighted by atomic mass is 9.84. The van der Waals surface area contributed by atoms with E-state index in [1.165, 1.54) is 0 Å². The average Bonchev–Trinajstić information content (AvgIpc) is 3.49. The van der Waals surface area contributed by atoms with E-state index in [1.54, 1.807) is 7.11 Å². The molecule has 8 nitrogen and oxygen atoms in total. The fraction of sp³-hybridized carbons (Fsp3) is 0.243. The van der Waals surface area contributed by atoms with Crippen LogP contribution in [-0.4, -0.2) is 49.3 Å². The number of aliphatic hydroxyl groups excluding tert-OH is 1. The number of nitrogens with one attached hydrogen (secondary N) is 2. The van der Waals surface area contributed by atoms with Crippen LogP contribution in [0.2, 0.25) is 0 Å². The van der Waals surface area contributed by atoms with Crippen molar-refractivity contribution < 1.29 is 24.1 Å². The van der Waals surface area contributed by atoms with Gasteiger partial charge >= 0.3 is 0 Å². The fourth-order valence-electron chi connectivity index (χ4n) is 5.17. The first-order valence-electron chi connectivity index (χ1n) is 15.1. The third kappa shape index (κ3) is 8.17. The molecule has 0 aliphatic carbocycles. The monoisotopic (exact) mass is 605 g/mol. The molecule has 0 unspecified atom stereocenters. The van der Waals surface area contributed by atoms with E-state index in [1.807, 2.05) is 121 Å². The predicted octanol–water partition coefficient (Wildman–Crippen LogP) is 5.68. The zero-order valence-electron chi connectivity index (χ0n) is 25.4. The van der Waals surface area contributed by atoms with Gasteiger partial charge in [-0.3, -0.25) is 10.2 Å². The number of rotatable bonds is 15. The van der Waals surface area contributed by atoms with Crippen LogP contribution in [0.3, 0.4) is 0 Å². The lowest BCUT2D eigenvalue weighted by Crippen LogP contribution is -2.52. The Morgan fingerprint density at radius 3 is 2.44 bits per heavy atom. The summed E-state index contributed by atoms with van der Waals surface area (Å²) in [6, 6.07) is 35.0. The molecule has 1 aliphatic rings. The van der Waals surface area contributed by atoms with Gasteiger partial charge in [0.1, 0.15) is 11.5 Å². The molecule has 0 radical (unpaired) electrons. The predicted molar refractivity (Wildman–Crippen MR) is 176 cm³/mol. The Hall–Kier alpha value is -4.92. The van der Waals surface area contributed by atoms with Gasteiger partial charge in [0.15, 0.2) is 11.6 Å². The van der Waals surface area contributed by atoms with Crippen LogP contribution >= 0.6 is 0 Å². The first kappa shape index (κ1) is 31.5.